The molecular weight excluding hydrogens is 214 g/mol. The van der Waals surface area contributed by atoms with Crippen LogP contribution in [0.4, 0.5) is 5.69 Å². The van der Waals surface area contributed by atoms with E-state index in [1.165, 1.54) is 12.8 Å². The summed E-state index contributed by atoms with van der Waals surface area (Å²) in [5.74, 6) is 0.737. The number of anilines is 1. The topological polar surface area (TPSA) is 49.9 Å². The maximum atomic E-state index is 5.36. The second-order valence-corrected chi connectivity index (χ2v) is 4.61. The number of nitrogens with one attached hydrogen (secondary N) is 2. The Kier molecular flexibility index (Phi) is 2.96. The van der Waals surface area contributed by atoms with Gasteiger partial charge in [-0.2, -0.15) is 5.10 Å². The Bertz CT molecular complexity index is 488. The van der Waals surface area contributed by atoms with Gasteiger partial charge in [-0.05, 0) is 37.0 Å². The minimum Gasteiger partial charge on any atom is -0.385 e. The molecule has 0 saturated carbocycles. The van der Waals surface area contributed by atoms with Gasteiger partial charge in [-0.3, -0.25) is 5.10 Å². The van der Waals surface area contributed by atoms with Gasteiger partial charge >= 0.3 is 0 Å². The van der Waals surface area contributed by atoms with Crippen molar-refractivity contribution in [3.63, 3.8) is 0 Å². The number of nitrogens with zero attached hydrogens (tertiary/aromatic N) is 1. The Labute approximate surface area is 100 Å². The molecule has 0 spiro atoms. The van der Waals surface area contributed by atoms with Gasteiger partial charge in [-0.1, -0.05) is 0 Å². The maximum absolute atomic E-state index is 5.36. The molecule has 0 aliphatic carbocycles. The predicted molar refractivity (Wildman–Crippen MR) is 68.1 cm³/mol. The molecule has 4 nitrogen and oxygen atoms in total. The molecule has 0 atom stereocenters. The van der Waals surface area contributed by atoms with Crippen LogP contribution in [0.1, 0.15) is 12.8 Å². The lowest BCUT2D eigenvalue weighted by molar-refractivity contribution is 0.0699. The highest BCUT2D eigenvalue weighted by Gasteiger charge is 2.13. The molecule has 2 heterocycles. The quantitative estimate of drug-likeness (QED) is 0.852. The van der Waals surface area contributed by atoms with E-state index < -0.39 is 0 Å². The maximum Gasteiger partial charge on any atom is 0.0670 e. The molecule has 2 N–H and O–H groups in total. The number of ether oxygens (including phenoxy) is 1. The number of aromatic nitrogens is 2. The molecule has 1 saturated heterocycles. The van der Waals surface area contributed by atoms with Crippen molar-refractivity contribution in [1.29, 1.82) is 0 Å². The molecular formula is C13H17N3O. The fourth-order valence-electron chi connectivity index (χ4n) is 2.26. The molecule has 0 radical (unpaired) electrons. The SMILES string of the molecule is c1cc2cn[nH]c2cc1NCC1CCOCC1. The number of hydrogen-bond acceptors (Lipinski definition) is 3. The Morgan fingerprint density at radius 1 is 1.35 bits per heavy atom. The second kappa shape index (κ2) is 4.75. The van der Waals surface area contributed by atoms with E-state index in [4.69, 9.17) is 4.74 Å². The van der Waals surface area contributed by atoms with Crippen LogP contribution in [0.2, 0.25) is 0 Å². The molecule has 17 heavy (non-hydrogen) atoms. The highest BCUT2D eigenvalue weighted by molar-refractivity contribution is 5.81. The third-order valence-corrected chi connectivity index (χ3v) is 3.38. The standard InChI is InChI=1S/C13H17N3O/c1-2-12(7-13-11(1)9-15-16-13)14-8-10-3-5-17-6-4-10/h1-2,7,9-10,14H,3-6,8H2,(H,15,16). The molecule has 1 aliphatic heterocycles. The van der Waals surface area contributed by atoms with Crippen LogP contribution >= 0.6 is 0 Å². The van der Waals surface area contributed by atoms with Gasteiger partial charge < -0.3 is 10.1 Å². The number of benzene rings is 1. The monoisotopic (exact) mass is 231 g/mol. The Balaban J connectivity index is 1.63. The minimum absolute atomic E-state index is 0.737. The van der Waals surface area contributed by atoms with Gasteiger partial charge in [0.25, 0.3) is 0 Å². The first-order valence-corrected chi connectivity index (χ1v) is 6.16. The van der Waals surface area contributed by atoms with E-state index in [-0.39, 0.29) is 0 Å². The second-order valence-electron chi connectivity index (χ2n) is 4.61. The zero-order valence-electron chi connectivity index (χ0n) is 9.78. The van der Waals surface area contributed by atoms with E-state index >= 15 is 0 Å². The molecule has 0 bridgehead atoms. The summed E-state index contributed by atoms with van der Waals surface area (Å²) in [5.41, 5.74) is 2.25. The normalized spacial score (nSPS) is 17.4. The molecule has 2 aromatic rings. The smallest absolute Gasteiger partial charge is 0.0670 e. The number of aromatic amines is 1. The van der Waals surface area contributed by atoms with Crippen LogP contribution in [-0.2, 0) is 4.74 Å². The van der Waals surface area contributed by atoms with Gasteiger partial charge in [0, 0.05) is 30.8 Å². The third kappa shape index (κ3) is 2.42. The lowest BCUT2D eigenvalue weighted by Gasteiger charge is -2.22. The van der Waals surface area contributed by atoms with Crippen LogP contribution in [0.3, 0.4) is 0 Å². The average molecular weight is 231 g/mol. The van der Waals surface area contributed by atoms with Crippen LogP contribution in [0.15, 0.2) is 24.4 Å². The summed E-state index contributed by atoms with van der Waals surface area (Å²) < 4.78 is 5.36. The first kappa shape index (κ1) is 10.6. The number of fused-ring (bicyclic) bond motifs is 1. The summed E-state index contributed by atoms with van der Waals surface area (Å²) in [4.78, 5) is 0. The van der Waals surface area contributed by atoms with Crippen molar-refractivity contribution >= 4 is 16.6 Å². The van der Waals surface area contributed by atoms with Gasteiger partial charge in [-0.15, -0.1) is 0 Å². The molecule has 1 aliphatic rings. The van der Waals surface area contributed by atoms with Crippen LogP contribution in [-0.4, -0.2) is 30.0 Å². The average Bonchev–Trinajstić information content (AvgIpc) is 2.85. The molecule has 90 valence electrons. The van der Waals surface area contributed by atoms with Crippen molar-refractivity contribution in [3.8, 4) is 0 Å². The number of H-pyrrole nitrogens is 1. The van der Waals surface area contributed by atoms with E-state index in [9.17, 15) is 0 Å². The first-order chi connectivity index (χ1) is 8.42. The Morgan fingerprint density at radius 3 is 3.12 bits per heavy atom. The largest absolute Gasteiger partial charge is 0.385 e. The summed E-state index contributed by atoms with van der Waals surface area (Å²) in [7, 11) is 0. The lowest BCUT2D eigenvalue weighted by atomic mass is 10.0. The van der Waals surface area contributed by atoms with Gasteiger partial charge in [-0.25, -0.2) is 0 Å². The first-order valence-electron chi connectivity index (χ1n) is 6.16. The molecule has 4 heteroatoms. The summed E-state index contributed by atoms with van der Waals surface area (Å²) >= 11 is 0. The van der Waals surface area contributed by atoms with Crippen molar-refractivity contribution in [2.24, 2.45) is 5.92 Å². The van der Waals surface area contributed by atoms with Crippen molar-refractivity contribution in [3.05, 3.63) is 24.4 Å². The van der Waals surface area contributed by atoms with Gasteiger partial charge in [0.15, 0.2) is 0 Å². The summed E-state index contributed by atoms with van der Waals surface area (Å²) in [5, 5.41) is 11.7. The van der Waals surface area contributed by atoms with Gasteiger partial charge in [0.2, 0.25) is 0 Å². The highest BCUT2D eigenvalue weighted by Crippen LogP contribution is 2.19. The fraction of sp³-hybridized carbons (Fsp3) is 0.462. The minimum atomic E-state index is 0.737. The number of rotatable bonds is 3. The van der Waals surface area contributed by atoms with Crippen LogP contribution in [0.25, 0.3) is 10.9 Å². The fourth-order valence-corrected chi connectivity index (χ4v) is 2.26. The van der Waals surface area contributed by atoms with Crippen molar-refractivity contribution in [2.45, 2.75) is 12.8 Å². The van der Waals surface area contributed by atoms with E-state index in [1.54, 1.807) is 0 Å². The van der Waals surface area contributed by atoms with Crippen molar-refractivity contribution in [1.82, 2.24) is 10.2 Å². The molecule has 0 unspecified atom stereocenters. The van der Waals surface area contributed by atoms with E-state index in [2.05, 4.69) is 33.7 Å². The summed E-state index contributed by atoms with van der Waals surface area (Å²) in [6.45, 7) is 2.85. The highest BCUT2D eigenvalue weighted by atomic mass is 16.5. The molecule has 1 fully saturated rings. The van der Waals surface area contributed by atoms with Gasteiger partial charge in [0.1, 0.15) is 0 Å². The van der Waals surface area contributed by atoms with Crippen LogP contribution in [0, 0.1) is 5.92 Å². The molecule has 0 amide bonds. The van der Waals surface area contributed by atoms with Crippen molar-refractivity contribution in [2.75, 3.05) is 25.1 Å². The molecule has 3 rings (SSSR count). The Morgan fingerprint density at radius 2 is 2.24 bits per heavy atom. The molecule has 1 aromatic carbocycles. The zero-order chi connectivity index (χ0) is 11.5. The predicted octanol–water partition coefficient (Wildman–Crippen LogP) is 2.40. The van der Waals surface area contributed by atoms with Crippen LogP contribution < -0.4 is 5.32 Å². The number of hydrogen-bond donors (Lipinski definition) is 2. The van der Waals surface area contributed by atoms with E-state index in [0.717, 1.165) is 42.3 Å². The van der Waals surface area contributed by atoms with E-state index in [1.807, 2.05) is 6.20 Å². The zero-order valence-corrected chi connectivity index (χ0v) is 9.78. The Hall–Kier alpha value is -1.55. The summed E-state index contributed by atoms with van der Waals surface area (Å²) in [6, 6.07) is 6.31. The molecule has 1 aromatic heterocycles. The van der Waals surface area contributed by atoms with E-state index in [0.29, 0.717) is 0 Å². The van der Waals surface area contributed by atoms with Gasteiger partial charge in [0.05, 0.1) is 11.7 Å². The van der Waals surface area contributed by atoms with Crippen LogP contribution in [0.5, 0.6) is 0 Å². The third-order valence-electron chi connectivity index (χ3n) is 3.38. The summed E-state index contributed by atoms with van der Waals surface area (Å²) in [6.07, 6.45) is 4.18. The van der Waals surface area contributed by atoms with Crippen molar-refractivity contribution < 1.29 is 4.74 Å². The lowest BCUT2D eigenvalue weighted by Crippen LogP contribution is -2.22.